The molecule has 1 aliphatic heterocycles. The van der Waals surface area contributed by atoms with Crippen molar-refractivity contribution in [3.05, 3.63) is 36.2 Å². The van der Waals surface area contributed by atoms with Crippen LogP contribution in [0.4, 0.5) is 4.79 Å². The minimum atomic E-state index is -0.443. The monoisotopic (exact) mass is 385 g/mol. The SMILES string of the molecule is CC(C)(C)OC(=O)N1C[C@H]2CC(CCNC(=O)/C=C/c3cccnc3)C[C@H]2C1. The third-order valence-corrected chi connectivity index (χ3v) is 5.46. The highest BCUT2D eigenvalue weighted by atomic mass is 16.6. The molecule has 1 aromatic rings. The molecule has 1 aliphatic carbocycles. The molecule has 28 heavy (non-hydrogen) atoms. The largest absolute Gasteiger partial charge is 0.444 e. The average Bonchev–Trinajstić information content (AvgIpc) is 3.18. The van der Waals surface area contributed by atoms with Gasteiger partial charge in [-0.15, -0.1) is 0 Å². The Hall–Kier alpha value is -2.37. The molecule has 2 fully saturated rings. The summed E-state index contributed by atoms with van der Waals surface area (Å²) in [7, 11) is 0. The van der Waals surface area contributed by atoms with E-state index in [4.69, 9.17) is 4.74 Å². The molecule has 0 spiro atoms. The summed E-state index contributed by atoms with van der Waals surface area (Å²) in [6.45, 7) is 8.00. The zero-order valence-electron chi connectivity index (χ0n) is 17.1. The van der Waals surface area contributed by atoms with Gasteiger partial charge in [-0.25, -0.2) is 4.79 Å². The second kappa shape index (κ2) is 8.76. The summed E-state index contributed by atoms with van der Waals surface area (Å²) < 4.78 is 5.49. The van der Waals surface area contributed by atoms with Crippen molar-refractivity contribution in [1.29, 1.82) is 0 Å². The van der Waals surface area contributed by atoms with Crippen molar-refractivity contribution in [2.24, 2.45) is 17.8 Å². The standard InChI is InChI=1S/C22H31N3O3/c1-22(2,3)28-21(27)25-14-18-11-17(12-19(18)15-25)8-10-24-20(26)7-6-16-5-4-9-23-13-16/h4-7,9,13,17-19H,8,10-12,14-15H2,1-3H3,(H,24,26)/b7-6+/t17?,18-,19+. The number of ether oxygens (including phenoxy) is 1. The van der Waals surface area contributed by atoms with E-state index in [9.17, 15) is 9.59 Å². The molecule has 2 aliphatic rings. The Labute approximate surface area is 167 Å². The number of hydrogen-bond acceptors (Lipinski definition) is 4. The molecule has 0 aromatic carbocycles. The molecule has 1 saturated heterocycles. The van der Waals surface area contributed by atoms with Crippen LogP contribution in [0, 0.1) is 17.8 Å². The molecule has 1 N–H and O–H groups in total. The Kier molecular flexibility index (Phi) is 6.37. The van der Waals surface area contributed by atoms with Gasteiger partial charge in [-0.1, -0.05) is 6.07 Å². The molecule has 152 valence electrons. The fraction of sp³-hybridized carbons (Fsp3) is 0.591. The van der Waals surface area contributed by atoms with Crippen LogP contribution in [0.5, 0.6) is 0 Å². The summed E-state index contributed by atoms with van der Waals surface area (Å²) in [5.74, 6) is 1.69. The number of rotatable bonds is 5. The summed E-state index contributed by atoms with van der Waals surface area (Å²) in [5.41, 5.74) is 0.469. The lowest BCUT2D eigenvalue weighted by atomic mass is 10.0. The fourth-order valence-corrected chi connectivity index (χ4v) is 4.24. The van der Waals surface area contributed by atoms with Crippen LogP contribution in [-0.4, -0.2) is 47.1 Å². The molecule has 2 heterocycles. The van der Waals surface area contributed by atoms with Crippen molar-refractivity contribution < 1.29 is 14.3 Å². The number of hydrogen-bond donors (Lipinski definition) is 1. The first kappa shape index (κ1) is 20.4. The third kappa shape index (κ3) is 5.81. The molecule has 2 amide bonds. The Morgan fingerprint density at radius 2 is 2.00 bits per heavy atom. The van der Waals surface area contributed by atoms with E-state index in [2.05, 4.69) is 10.3 Å². The Bertz CT molecular complexity index is 697. The first-order valence-corrected chi connectivity index (χ1v) is 10.1. The summed E-state index contributed by atoms with van der Waals surface area (Å²) in [6, 6.07) is 3.76. The minimum Gasteiger partial charge on any atom is -0.444 e. The number of likely N-dealkylation sites (tertiary alicyclic amines) is 1. The van der Waals surface area contributed by atoms with Crippen LogP contribution in [0.15, 0.2) is 30.6 Å². The Balaban J connectivity index is 1.35. The van der Waals surface area contributed by atoms with Crippen LogP contribution in [0.25, 0.3) is 6.08 Å². The van der Waals surface area contributed by atoms with Gasteiger partial charge in [0.05, 0.1) is 0 Å². The summed E-state index contributed by atoms with van der Waals surface area (Å²) in [6.07, 6.45) is 9.82. The molecular formula is C22H31N3O3. The van der Waals surface area contributed by atoms with Gasteiger partial charge in [0.25, 0.3) is 0 Å². The maximum absolute atomic E-state index is 12.2. The van der Waals surface area contributed by atoms with E-state index in [-0.39, 0.29) is 12.0 Å². The van der Waals surface area contributed by atoms with Crippen LogP contribution in [0.2, 0.25) is 0 Å². The molecule has 3 atom stereocenters. The summed E-state index contributed by atoms with van der Waals surface area (Å²) in [5, 5.41) is 2.97. The van der Waals surface area contributed by atoms with E-state index in [0.717, 1.165) is 37.9 Å². The maximum Gasteiger partial charge on any atom is 0.410 e. The zero-order chi connectivity index (χ0) is 20.1. The first-order chi connectivity index (χ1) is 13.3. The number of pyridine rings is 1. The van der Waals surface area contributed by atoms with Crippen LogP contribution < -0.4 is 5.32 Å². The predicted molar refractivity (Wildman–Crippen MR) is 108 cm³/mol. The van der Waals surface area contributed by atoms with E-state index in [1.807, 2.05) is 37.8 Å². The number of nitrogens with one attached hydrogen (secondary N) is 1. The number of carbonyl (C=O) groups excluding carboxylic acids is 2. The molecule has 1 aromatic heterocycles. The van der Waals surface area contributed by atoms with Gasteiger partial charge in [0.2, 0.25) is 5.91 Å². The smallest absolute Gasteiger partial charge is 0.410 e. The minimum absolute atomic E-state index is 0.0712. The fourth-order valence-electron chi connectivity index (χ4n) is 4.24. The molecule has 6 nitrogen and oxygen atoms in total. The molecule has 0 bridgehead atoms. The molecule has 3 rings (SSSR count). The van der Waals surface area contributed by atoms with E-state index in [1.54, 1.807) is 24.5 Å². The normalized spacial score (nSPS) is 24.4. The van der Waals surface area contributed by atoms with Crippen LogP contribution in [-0.2, 0) is 9.53 Å². The van der Waals surface area contributed by atoms with Gasteiger partial charge >= 0.3 is 6.09 Å². The first-order valence-electron chi connectivity index (χ1n) is 10.1. The zero-order valence-corrected chi connectivity index (χ0v) is 17.1. The lowest BCUT2D eigenvalue weighted by molar-refractivity contribution is -0.116. The Morgan fingerprint density at radius 1 is 1.29 bits per heavy atom. The third-order valence-electron chi connectivity index (χ3n) is 5.46. The predicted octanol–water partition coefficient (Wildman–Crippen LogP) is 3.49. The maximum atomic E-state index is 12.2. The number of amides is 2. The van der Waals surface area contributed by atoms with Gasteiger partial charge in [-0.2, -0.15) is 0 Å². The number of nitrogens with zero attached hydrogens (tertiary/aromatic N) is 2. The van der Waals surface area contributed by atoms with Crippen LogP contribution in [0.3, 0.4) is 0 Å². The summed E-state index contributed by atoms with van der Waals surface area (Å²) in [4.78, 5) is 30.1. The topological polar surface area (TPSA) is 71.5 Å². The molecule has 6 heteroatoms. The summed E-state index contributed by atoms with van der Waals surface area (Å²) >= 11 is 0. The molecule has 1 saturated carbocycles. The number of fused-ring (bicyclic) bond motifs is 1. The van der Waals surface area contributed by atoms with Crippen LogP contribution in [0.1, 0.15) is 45.6 Å². The quantitative estimate of drug-likeness (QED) is 0.788. The van der Waals surface area contributed by atoms with Gasteiger partial charge in [-0.05, 0) is 75.5 Å². The lowest BCUT2D eigenvalue weighted by Gasteiger charge is -2.25. The highest BCUT2D eigenvalue weighted by molar-refractivity contribution is 5.91. The van der Waals surface area contributed by atoms with E-state index >= 15 is 0 Å². The van der Waals surface area contributed by atoms with Crippen molar-refractivity contribution in [3.8, 4) is 0 Å². The van der Waals surface area contributed by atoms with Crippen LogP contribution >= 0.6 is 0 Å². The van der Waals surface area contributed by atoms with E-state index in [0.29, 0.717) is 24.3 Å². The van der Waals surface area contributed by atoms with Crippen molar-refractivity contribution in [3.63, 3.8) is 0 Å². The molecule has 1 unspecified atom stereocenters. The van der Waals surface area contributed by atoms with E-state index < -0.39 is 5.60 Å². The van der Waals surface area contributed by atoms with Crippen molar-refractivity contribution in [2.75, 3.05) is 19.6 Å². The molecule has 0 radical (unpaired) electrons. The number of carbonyl (C=O) groups is 2. The van der Waals surface area contributed by atoms with Gasteiger partial charge in [0.15, 0.2) is 0 Å². The molecular weight excluding hydrogens is 354 g/mol. The Morgan fingerprint density at radius 3 is 2.61 bits per heavy atom. The second-order valence-corrected chi connectivity index (χ2v) is 8.94. The number of aromatic nitrogens is 1. The van der Waals surface area contributed by atoms with Crippen molar-refractivity contribution >= 4 is 18.1 Å². The highest BCUT2D eigenvalue weighted by Gasteiger charge is 2.43. The second-order valence-electron chi connectivity index (χ2n) is 8.94. The van der Waals surface area contributed by atoms with E-state index in [1.165, 1.54) is 0 Å². The highest BCUT2D eigenvalue weighted by Crippen LogP contribution is 2.43. The van der Waals surface area contributed by atoms with Gasteiger partial charge in [0, 0.05) is 38.1 Å². The van der Waals surface area contributed by atoms with Crippen molar-refractivity contribution in [2.45, 2.75) is 45.6 Å². The van der Waals surface area contributed by atoms with Crippen molar-refractivity contribution in [1.82, 2.24) is 15.2 Å². The van der Waals surface area contributed by atoms with Gasteiger partial charge in [0.1, 0.15) is 5.60 Å². The van der Waals surface area contributed by atoms with Gasteiger partial charge in [-0.3, -0.25) is 9.78 Å². The van der Waals surface area contributed by atoms with Gasteiger partial charge < -0.3 is 15.0 Å². The lowest BCUT2D eigenvalue weighted by Crippen LogP contribution is -2.36. The average molecular weight is 386 g/mol.